The number of rotatable bonds is 2. The number of thiophene rings is 1. The van der Waals surface area contributed by atoms with Crippen LogP contribution in [0.1, 0.15) is 18.9 Å². The number of fused-ring (bicyclic) bond motifs is 7. The lowest BCUT2D eigenvalue weighted by atomic mass is 10.0. The van der Waals surface area contributed by atoms with Gasteiger partial charge >= 0.3 is 0 Å². The average Bonchev–Trinajstić information content (AvgIpc) is 3.11. The summed E-state index contributed by atoms with van der Waals surface area (Å²) in [6.07, 6.45) is 2.35. The molecule has 0 N–H and O–H groups in total. The van der Waals surface area contributed by atoms with E-state index < -0.39 is 0 Å². The molecule has 0 unspecified atom stereocenters. The molecule has 1 nitrogen and oxygen atoms in total. The van der Waals surface area contributed by atoms with Crippen LogP contribution in [0.2, 0.25) is 0 Å². The maximum absolute atomic E-state index is 2.39. The number of aryl methyl sites for hydroxylation is 2. The van der Waals surface area contributed by atoms with Gasteiger partial charge in [-0.25, -0.2) is 0 Å². The van der Waals surface area contributed by atoms with E-state index in [9.17, 15) is 0 Å². The first-order chi connectivity index (χ1) is 11.8. The molecule has 0 atom stereocenters. The van der Waals surface area contributed by atoms with Gasteiger partial charge in [-0.1, -0.05) is 49.7 Å². The molecule has 5 rings (SSSR count). The molecule has 118 valence electrons. The van der Waals surface area contributed by atoms with Gasteiger partial charge in [0, 0.05) is 38.8 Å². The van der Waals surface area contributed by atoms with Crippen LogP contribution in [0, 0.1) is 0 Å². The van der Waals surface area contributed by atoms with E-state index in [1.165, 1.54) is 54.0 Å². The summed E-state index contributed by atoms with van der Waals surface area (Å²) in [6.45, 7) is 2.25. The fraction of sp³-hybridized carbons (Fsp3) is 0.182. The van der Waals surface area contributed by atoms with Crippen molar-refractivity contribution in [1.29, 1.82) is 0 Å². The SMILES string of the molecule is CCCc1ccc2sc3c(ccc4c5ccccc5n(C)c43)c2c1. The number of benzene rings is 3. The number of para-hydroxylation sites is 1. The fourth-order valence-electron chi connectivity index (χ4n) is 3.98. The predicted octanol–water partition coefficient (Wildman–Crippen LogP) is 6.65. The van der Waals surface area contributed by atoms with Gasteiger partial charge in [0.25, 0.3) is 0 Å². The third-order valence-electron chi connectivity index (χ3n) is 5.11. The van der Waals surface area contributed by atoms with Crippen LogP contribution in [-0.2, 0) is 13.5 Å². The molecular formula is C22H19NS. The molecule has 24 heavy (non-hydrogen) atoms. The largest absolute Gasteiger partial charge is 0.342 e. The summed E-state index contributed by atoms with van der Waals surface area (Å²) in [5, 5.41) is 5.52. The third kappa shape index (κ3) is 1.81. The molecule has 0 fully saturated rings. The first kappa shape index (κ1) is 14.1. The van der Waals surface area contributed by atoms with Crippen molar-refractivity contribution in [2.75, 3.05) is 0 Å². The molecule has 0 amide bonds. The van der Waals surface area contributed by atoms with Gasteiger partial charge in [-0.15, -0.1) is 11.3 Å². The summed E-state index contributed by atoms with van der Waals surface area (Å²) >= 11 is 1.93. The first-order valence-electron chi connectivity index (χ1n) is 8.59. The highest BCUT2D eigenvalue weighted by molar-refractivity contribution is 7.26. The van der Waals surface area contributed by atoms with Gasteiger partial charge in [-0.2, -0.15) is 0 Å². The number of hydrogen-bond donors (Lipinski definition) is 0. The van der Waals surface area contributed by atoms with Gasteiger partial charge in [-0.3, -0.25) is 0 Å². The van der Waals surface area contributed by atoms with Gasteiger partial charge in [0.2, 0.25) is 0 Å². The summed E-state index contributed by atoms with van der Waals surface area (Å²) < 4.78 is 5.16. The van der Waals surface area contributed by atoms with E-state index in [-0.39, 0.29) is 0 Å². The van der Waals surface area contributed by atoms with Gasteiger partial charge < -0.3 is 4.57 Å². The van der Waals surface area contributed by atoms with Crippen LogP contribution in [0.25, 0.3) is 42.0 Å². The lowest BCUT2D eigenvalue weighted by Crippen LogP contribution is -1.86. The minimum Gasteiger partial charge on any atom is -0.342 e. The molecule has 0 aliphatic rings. The minimum absolute atomic E-state index is 1.16. The van der Waals surface area contributed by atoms with Crippen LogP contribution in [0.5, 0.6) is 0 Å². The van der Waals surface area contributed by atoms with E-state index in [4.69, 9.17) is 0 Å². The van der Waals surface area contributed by atoms with Gasteiger partial charge in [0.1, 0.15) is 0 Å². The molecule has 0 spiro atoms. The molecule has 0 aliphatic carbocycles. The van der Waals surface area contributed by atoms with E-state index in [1.807, 2.05) is 11.3 Å². The van der Waals surface area contributed by atoms with Crippen LogP contribution in [-0.4, -0.2) is 4.57 Å². The Morgan fingerprint density at radius 2 is 1.71 bits per heavy atom. The summed E-state index contributed by atoms with van der Waals surface area (Å²) in [6, 6.07) is 20.3. The summed E-state index contributed by atoms with van der Waals surface area (Å²) in [5.74, 6) is 0. The van der Waals surface area contributed by atoms with Crippen LogP contribution in [0.3, 0.4) is 0 Å². The van der Waals surface area contributed by atoms with Gasteiger partial charge in [0.15, 0.2) is 0 Å². The predicted molar refractivity (Wildman–Crippen MR) is 107 cm³/mol. The maximum atomic E-state index is 2.39. The fourth-order valence-corrected chi connectivity index (χ4v) is 5.25. The van der Waals surface area contributed by atoms with Crippen molar-refractivity contribution in [3.8, 4) is 0 Å². The monoisotopic (exact) mass is 329 g/mol. The molecule has 2 heterocycles. The van der Waals surface area contributed by atoms with Gasteiger partial charge in [-0.05, 0) is 30.2 Å². The summed E-state index contributed by atoms with van der Waals surface area (Å²) in [5.41, 5.74) is 4.12. The van der Waals surface area contributed by atoms with Crippen molar-refractivity contribution in [3.63, 3.8) is 0 Å². The number of aromatic nitrogens is 1. The Morgan fingerprint density at radius 3 is 2.58 bits per heavy atom. The minimum atomic E-state index is 1.16. The quantitative estimate of drug-likeness (QED) is 0.341. The maximum Gasteiger partial charge on any atom is 0.0670 e. The first-order valence-corrected chi connectivity index (χ1v) is 9.41. The smallest absolute Gasteiger partial charge is 0.0670 e. The van der Waals surface area contributed by atoms with Crippen LogP contribution in [0.4, 0.5) is 0 Å². The second-order valence-corrected chi connectivity index (χ2v) is 7.65. The molecule has 2 aromatic heterocycles. The molecule has 3 aromatic carbocycles. The van der Waals surface area contributed by atoms with Crippen LogP contribution >= 0.6 is 11.3 Å². The van der Waals surface area contributed by atoms with Crippen LogP contribution < -0.4 is 0 Å². The summed E-state index contributed by atoms with van der Waals surface area (Å²) in [4.78, 5) is 0. The Hall–Kier alpha value is -2.32. The molecule has 0 radical (unpaired) electrons. The van der Waals surface area contributed by atoms with E-state index in [0.29, 0.717) is 0 Å². The molecule has 5 aromatic rings. The number of hydrogen-bond acceptors (Lipinski definition) is 1. The van der Waals surface area contributed by atoms with E-state index in [0.717, 1.165) is 6.42 Å². The zero-order chi connectivity index (χ0) is 16.3. The summed E-state index contributed by atoms with van der Waals surface area (Å²) in [7, 11) is 2.19. The molecule has 2 heteroatoms. The van der Waals surface area contributed by atoms with E-state index >= 15 is 0 Å². The van der Waals surface area contributed by atoms with E-state index in [2.05, 4.69) is 73.1 Å². The normalized spacial score (nSPS) is 12.1. The Bertz CT molecular complexity index is 1220. The second kappa shape index (κ2) is 5.09. The molecule has 0 bridgehead atoms. The standard InChI is InChI=1S/C22H19NS/c1-3-6-14-9-12-20-18(13-14)17-11-10-16-15-7-4-5-8-19(15)23(2)21(16)22(17)24-20/h4-5,7-13H,3,6H2,1-2H3. The highest BCUT2D eigenvalue weighted by Crippen LogP contribution is 2.41. The lowest BCUT2D eigenvalue weighted by molar-refractivity contribution is 0.924. The Balaban J connectivity index is 1.95. The van der Waals surface area contributed by atoms with Crippen molar-refractivity contribution >= 4 is 53.3 Å². The number of nitrogens with zero attached hydrogens (tertiary/aromatic N) is 1. The van der Waals surface area contributed by atoms with Crippen molar-refractivity contribution in [2.45, 2.75) is 19.8 Å². The third-order valence-corrected chi connectivity index (χ3v) is 6.30. The van der Waals surface area contributed by atoms with Crippen LogP contribution in [0.15, 0.2) is 54.6 Å². The van der Waals surface area contributed by atoms with Crippen molar-refractivity contribution in [3.05, 3.63) is 60.2 Å². The molecule has 0 aliphatic heterocycles. The Labute approximate surface area is 145 Å². The van der Waals surface area contributed by atoms with E-state index in [1.54, 1.807) is 0 Å². The van der Waals surface area contributed by atoms with Gasteiger partial charge in [0.05, 0.1) is 10.2 Å². The molecular weight excluding hydrogens is 310 g/mol. The lowest BCUT2D eigenvalue weighted by Gasteiger charge is -2.00. The average molecular weight is 329 g/mol. The zero-order valence-corrected chi connectivity index (χ0v) is 14.8. The van der Waals surface area contributed by atoms with Crippen molar-refractivity contribution in [1.82, 2.24) is 4.57 Å². The second-order valence-electron chi connectivity index (χ2n) is 6.60. The highest BCUT2D eigenvalue weighted by atomic mass is 32.1. The topological polar surface area (TPSA) is 4.93 Å². The zero-order valence-electron chi connectivity index (χ0n) is 14.0. The Morgan fingerprint density at radius 1 is 0.875 bits per heavy atom. The van der Waals surface area contributed by atoms with Crippen molar-refractivity contribution < 1.29 is 0 Å². The Kier molecular flexibility index (Phi) is 2.98. The molecule has 0 saturated heterocycles. The molecule has 0 saturated carbocycles. The van der Waals surface area contributed by atoms with Crippen molar-refractivity contribution in [2.24, 2.45) is 7.05 Å². The highest BCUT2D eigenvalue weighted by Gasteiger charge is 2.14.